The molecule has 2 rings (SSSR count). The molecule has 0 saturated heterocycles. The highest BCUT2D eigenvalue weighted by Gasteiger charge is 2.26. The van der Waals surface area contributed by atoms with Crippen molar-refractivity contribution in [2.75, 3.05) is 13.7 Å². The van der Waals surface area contributed by atoms with Crippen molar-refractivity contribution >= 4 is 5.91 Å². The van der Waals surface area contributed by atoms with Crippen LogP contribution in [0.25, 0.3) is 0 Å². The fraction of sp³-hybridized carbons (Fsp3) is 0.435. The molecule has 0 fully saturated rings. The Hall–Kier alpha value is -2.17. The average molecular weight is 370 g/mol. The lowest BCUT2D eigenvalue weighted by Gasteiger charge is -2.31. The summed E-state index contributed by atoms with van der Waals surface area (Å²) in [6, 6.07) is 19.3. The van der Waals surface area contributed by atoms with E-state index in [0.29, 0.717) is 13.2 Å². The van der Waals surface area contributed by atoms with Crippen molar-refractivity contribution in [1.82, 2.24) is 4.90 Å². The van der Waals surface area contributed by atoms with Gasteiger partial charge in [0, 0.05) is 19.6 Å². The van der Waals surface area contributed by atoms with Gasteiger partial charge in [-0.05, 0) is 30.9 Å². The molecule has 0 radical (unpaired) electrons. The Morgan fingerprint density at radius 2 is 1.63 bits per heavy atom. The highest BCUT2D eigenvalue weighted by atomic mass is 16.5. The molecular weight excluding hydrogens is 338 g/mol. The molecule has 4 nitrogen and oxygen atoms in total. The monoisotopic (exact) mass is 369 g/mol. The summed E-state index contributed by atoms with van der Waals surface area (Å²) in [6.07, 6.45) is 0.913. The summed E-state index contributed by atoms with van der Waals surface area (Å²) in [5.41, 5.74) is 1.98. The third-order valence-corrected chi connectivity index (χ3v) is 5.02. The second kappa shape index (κ2) is 10.9. The van der Waals surface area contributed by atoms with Crippen LogP contribution in [0.5, 0.6) is 0 Å². The number of ether oxygens (including phenoxy) is 1. The zero-order chi connectivity index (χ0) is 19.6. The predicted molar refractivity (Wildman–Crippen MR) is 108 cm³/mol. The molecule has 0 bridgehead atoms. The Labute approximate surface area is 162 Å². The summed E-state index contributed by atoms with van der Waals surface area (Å²) in [6.45, 7) is 5.06. The van der Waals surface area contributed by atoms with E-state index in [2.05, 4.69) is 0 Å². The van der Waals surface area contributed by atoms with Gasteiger partial charge in [-0.25, -0.2) is 0 Å². The minimum Gasteiger partial charge on any atom is -0.386 e. The molecule has 0 aromatic heterocycles. The van der Waals surface area contributed by atoms with Crippen LogP contribution in [-0.2, 0) is 16.1 Å². The molecule has 27 heavy (non-hydrogen) atoms. The van der Waals surface area contributed by atoms with Gasteiger partial charge in [-0.1, -0.05) is 67.6 Å². The molecule has 4 heteroatoms. The Kier molecular flexibility index (Phi) is 8.49. The first-order valence-corrected chi connectivity index (χ1v) is 9.62. The number of amides is 1. The average Bonchev–Trinajstić information content (AvgIpc) is 2.72. The van der Waals surface area contributed by atoms with Gasteiger partial charge >= 0.3 is 0 Å². The lowest BCUT2D eigenvalue weighted by atomic mass is 9.99. The van der Waals surface area contributed by atoms with E-state index in [1.807, 2.05) is 74.5 Å². The first-order valence-electron chi connectivity index (χ1n) is 9.62. The molecule has 0 aliphatic rings. The van der Waals surface area contributed by atoms with E-state index in [1.165, 1.54) is 0 Å². The molecule has 146 valence electrons. The number of hydrogen-bond acceptors (Lipinski definition) is 3. The van der Waals surface area contributed by atoms with Crippen LogP contribution in [0.3, 0.4) is 0 Å². The largest absolute Gasteiger partial charge is 0.386 e. The van der Waals surface area contributed by atoms with Gasteiger partial charge in [0.25, 0.3) is 0 Å². The number of benzene rings is 2. The van der Waals surface area contributed by atoms with E-state index >= 15 is 0 Å². The van der Waals surface area contributed by atoms with Crippen LogP contribution in [-0.4, -0.2) is 35.6 Å². The van der Waals surface area contributed by atoms with Crippen LogP contribution < -0.4 is 0 Å². The fourth-order valence-corrected chi connectivity index (χ4v) is 3.07. The van der Waals surface area contributed by atoms with E-state index in [-0.39, 0.29) is 17.9 Å². The van der Waals surface area contributed by atoms with Gasteiger partial charge in [0.2, 0.25) is 5.91 Å². The molecule has 0 aliphatic heterocycles. The molecule has 0 spiro atoms. The maximum Gasteiger partial charge on any atom is 0.225 e. The molecule has 2 aromatic rings. The molecule has 0 saturated carbocycles. The van der Waals surface area contributed by atoms with Crippen LogP contribution in [0.1, 0.15) is 43.9 Å². The Balaban J connectivity index is 1.73. The predicted octanol–water partition coefficient (Wildman–Crippen LogP) is 4.20. The molecular formula is C23H31NO3. The van der Waals surface area contributed by atoms with Gasteiger partial charge in [0.05, 0.1) is 18.8 Å². The zero-order valence-corrected chi connectivity index (χ0v) is 16.5. The minimum absolute atomic E-state index is 0.0561. The maximum atomic E-state index is 12.7. The van der Waals surface area contributed by atoms with Gasteiger partial charge in [0.1, 0.15) is 0 Å². The van der Waals surface area contributed by atoms with Crippen molar-refractivity contribution in [3.8, 4) is 0 Å². The zero-order valence-electron chi connectivity index (χ0n) is 16.5. The van der Waals surface area contributed by atoms with Crippen molar-refractivity contribution in [1.29, 1.82) is 0 Å². The van der Waals surface area contributed by atoms with Crippen molar-refractivity contribution in [2.24, 2.45) is 5.92 Å². The highest BCUT2D eigenvalue weighted by molar-refractivity contribution is 5.78. The van der Waals surface area contributed by atoms with Crippen molar-refractivity contribution in [2.45, 2.75) is 45.4 Å². The fourth-order valence-electron chi connectivity index (χ4n) is 3.07. The normalized spacial score (nSPS) is 14.4. The lowest BCUT2D eigenvalue weighted by molar-refractivity contribution is -0.138. The second-order valence-corrected chi connectivity index (χ2v) is 7.13. The number of hydrogen-bond donors (Lipinski definition) is 1. The van der Waals surface area contributed by atoms with Crippen molar-refractivity contribution < 1.29 is 14.6 Å². The summed E-state index contributed by atoms with van der Waals surface area (Å²) in [5.74, 6) is -0.0405. The molecule has 1 N–H and O–H groups in total. The molecule has 0 aliphatic carbocycles. The first-order chi connectivity index (χ1) is 13.0. The molecule has 0 heterocycles. The Bertz CT molecular complexity index is 675. The number of carbonyl (C=O) groups is 1. The Morgan fingerprint density at radius 3 is 2.26 bits per heavy atom. The van der Waals surface area contributed by atoms with Crippen LogP contribution >= 0.6 is 0 Å². The quantitative estimate of drug-likeness (QED) is 0.639. The van der Waals surface area contributed by atoms with Gasteiger partial charge in [-0.3, -0.25) is 4.79 Å². The molecule has 1 amide bonds. The van der Waals surface area contributed by atoms with Gasteiger partial charge < -0.3 is 14.7 Å². The number of aliphatic hydroxyl groups is 1. The Morgan fingerprint density at radius 1 is 1.04 bits per heavy atom. The number of rotatable bonds is 10. The van der Waals surface area contributed by atoms with Crippen LogP contribution in [0.4, 0.5) is 0 Å². The van der Waals surface area contributed by atoms with E-state index < -0.39 is 6.10 Å². The molecule has 3 atom stereocenters. The maximum absolute atomic E-state index is 12.7. The topological polar surface area (TPSA) is 49.8 Å². The third kappa shape index (κ3) is 6.49. The van der Waals surface area contributed by atoms with Gasteiger partial charge in [0.15, 0.2) is 0 Å². The van der Waals surface area contributed by atoms with Crippen molar-refractivity contribution in [3.05, 3.63) is 71.8 Å². The van der Waals surface area contributed by atoms with Gasteiger partial charge in [-0.2, -0.15) is 0 Å². The first kappa shape index (κ1) is 21.1. The number of likely N-dealkylation sites (N-methyl/N-ethyl adjacent to an activating group) is 1. The van der Waals surface area contributed by atoms with E-state index in [1.54, 1.807) is 11.9 Å². The summed E-state index contributed by atoms with van der Waals surface area (Å²) in [4.78, 5) is 14.3. The van der Waals surface area contributed by atoms with E-state index in [0.717, 1.165) is 24.0 Å². The standard InChI is InChI=1S/C23H31NO3/c1-18(11-10-16-27-17-20-12-6-4-7-13-20)23(26)24(3)19(2)22(25)21-14-8-5-9-15-21/h4-9,12-15,18-19,22,25H,10-11,16-17H2,1-3H3/t18-,19+,22-/m0/s1. The van der Waals surface area contributed by atoms with Crippen LogP contribution in [0.15, 0.2) is 60.7 Å². The smallest absolute Gasteiger partial charge is 0.225 e. The number of carbonyl (C=O) groups excluding carboxylic acids is 1. The second-order valence-electron chi connectivity index (χ2n) is 7.13. The van der Waals surface area contributed by atoms with Crippen LogP contribution in [0, 0.1) is 5.92 Å². The summed E-state index contributed by atoms with van der Waals surface area (Å²) in [5, 5.41) is 10.5. The number of aliphatic hydroxyl groups excluding tert-OH is 1. The summed E-state index contributed by atoms with van der Waals surface area (Å²) >= 11 is 0. The highest BCUT2D eigenvalue weighted by Crippen LogP contribution is 2.22. The lowest BCUT2D eigenvalue weighted by Crippen LogP contribution is -2.41. The SMILES string of the molecule is C[C@H]([C@H](O)c1ccccc1)N(C)C(=O)[C@@H](C)CCCOCc1ccccc1. The van der Waals surface area contributed by atoms with E-state index in [4.69, 9.17) is 4.74 Å². The summed E-state index contributed by atoms with van der Waals surface area (Å²) < 4.78 is 5.69. The number of nitrogens with zero attached hydrogens (tertiary/aromatic N) is 1. The van der Waals surface area contributed by atoms with E-state index in [9.17, 15) is 9.90 Å². The van der Waals surface area contributed by atoms with Crippen LogP contribution in [0.2, 0.25) is 0 Å². The van der Waals surface area contributed by atoms with Crippen molar-refractivity contribution in [3.63, 3.8) is 0 Å². The molecule has 0 unspecified atom stereocenters. The third-order valence-electron chi connectivity index (χ3n) is 5.02. The van der Waals surface area contributed by atoms with Gasteiger partial charge in [-0.15, -0.1) is 0 Å². The minimum atomic E-state index is -0.693. The molecule has 2 aromatic carbocycles. The summed E-state index contributed by atoms with van der Waals surface area (Å²) in [7, 11) is 1.77.